The number of hydrogen-bond acceptors (Lipinski definition) is 3. The first kappa shape index (κ1) is 9.65. The molecule has 0 aliphatic carbocycles. The van der Waals surface area contributed by atoms with E-state index in [1.165, 1.54) is 5.56 Å². The van der Waals surface area contributed by atoms with Crippen molar-refractivity contribution in [2.45, 2.75) is 12.7 Å². The SMILES string of the molecule is c1ccc(COC2COCOC2)cc1. The third kappa shape index (κ3) is 2.80. The van der Waals surface area contributed by atoms with Gasteiger partial charge in [-0.3, -0.25) is 0 Å². The second-order valence-corrected chi connectivity index (χ2v) is 3.28. The molecule has 3 heteroatoms. The van der Waals surface area contributed by atoms with Crippen molar-refractivity contribution in [3.05, 3.63) is 35.9 Å². The molecule has 0 unspecified atom stereocenters. The predicted molar refractivity (Wildman–Crippen MR) is 51.8 cm³/mol. The van der Waals surface area contributed by atoms with E-state index in [2.05, 4.69) is 0 Å². The predicted octanol–water partition coefficient (Wildman–Crippen LogP) is 1.58. The van der Waals surface area contributed by atoms with Crippen LogP contribution in [-0.2, 0) is 20.8 Å². The zero-order valence-corrected chi connectivity index (χ0v) is 8.02. The van der Waals surface area contributed by atoms with Gasteiger partial charge in [0.25, 0.3) is 0 Å². The Morgan fingerprint density at radius 1 is 1.14 bits per heavy atom. The molecule has 0 bridgehead atoms. The molecule has 1 fully saturated rings. The van der Waals surface area contributed by atoms with Gasteiger partial charge in [0.2, 0.25) is 0 Å². The van der Waals surface area contributed by atoms with Crippen molar-refractivity contribution in [1.82, 2.24) is 0 Å². The van der Waals surface area contributed by atoms with Crippen molar-refractivity contribution in [2.75, 3.05) is 20.0 Å². The van der Waals surface area contributed by atoms with Gasteiger partial charge >= 0.3 is 0 Å². The van der Waals surface area contributed by atoms with Gasteiger partial charge in [-0.05, 0) is 5.56 Å². The largest absolute Gasteiger partial charge is 0.369 e. The summed E-state index contributed by atoms with van der Waals surface area (Å²) >= 11 is 0. The van der Waals surface area contributed by atoms with E-state index in [-0.39, 0.29) is 6.10 Å². The fourth-order valence-corrected chi connectivity index (χ4v) is 1.35. The molecule has 3 nitrogen and oxygen atoms in total. The van der Waals surface area contributed by atoms with Crippen molar-refractivity contribution in [3.63, 3.8) is 0 Å². The van der Waals surface area contributed by atoms with E-state index < -0.39 is 0 Å². The summed E-state index contributed by atoms with van der Waals surface area (Å²) in [5.74, 6) is 0. The first-order valence-corrected chi connectivity index (χ1v) is 4.76. The molecule has 0 atom stereocenters. The van der Waals surface area contributed by atoms with Gasteiger partial charge in [-0.1, -0.05) is 30.3 Å². The average Bonchev–Trinajstić information content (AvgIpc) is 2.29. The highest BCUT2D eigenvalue weighted by molar-refractivity contribution is 5.13. The molecule has 0 aromatic heterocycles. The van der Waals surface area contributed by atoms with Crippen LogP contribution in [0.1, 0.15) is 5.56 Å². The van der Waals surface area contributed by atoms with E-state index in [1.807, 2.05) is 30.3 Å². The summed E-state index contributed by atoms with van der Waals surface area (Å²) < 4.78 is 15.9. The first-order valence-electron chi connectivity index (χ1n) is 4.76. The Morgan fingerprint density at radius 2 is 1.86 bits per heavy atom. The van der Waals surface area contributed by atoms with Crippen LogP contribution in [0.4, 0.5) is 0 Å². The highest BCUT2D eigenvalue weighted by Gasteiger charge is 2.14. The molecule has 0 N–H and O–H groups in total. The van der Waals surface area contributed by atoms with E-state index >= 15 is 0 Å². The van der Waals surface area contributed by atoms with Crippen molar-refractivity contribution in [2.24, 2.45) is 0 Å². The van der Waals surface area contributed by atoms with Crippen LogP contribution in [0.2, 0.25) is 0 Å². The van der Waals surface area contributed by atoms with Gasteiger partial charge in [0.05, 0.1) is 19.8 Å². The lowest BCUT2D eigenvalue weighted by Gasteiger charge is -2.22. The topological polar surface area (TPSA) is 27.7 Å². The third-order valence-corrected chi connectivity index (χ3v) is 2.10. The third-order valence-electron chi connectivity index (χ3n) is 2.10. The molecule has 1 aromatic rings. The van der Waals surface area contributed by atoms with E-state index in [9.17, 15) is 0 Å². The molecule has 1 aliphatic heterocycles. The summed E-state index contributed by atoms with van der Waals surface area (Å²) in [5, 5.41) is 0. The van der Waals surface area contributed by atoms with Gasteiger partial charge in [-0.25, -0.2) is 0 Å². The lowest BCUT2D eigenvalue weighted by Crippen LogP contribution is -2.31. The Hall–Kier alpha value is -0.900. The lowest BCUT2D eigenvalue weighted by atomic mass is 10.2. The molecule has 0 radical (unpaired) electrons. The Kier molecular flexibility index (Phi) is 3.51. The molecule has 0 saturated carbocycles. The molecule has 1 saturated heterocycles. The van der Waals surface area contributed by atoms with Gasteiger partial charge in [-0.15, -0.1) is 0 Å². The van der Waals surface area contributed by atoms with Crippen LogP contribution >= 0.6 is 0 Å². The van der Waals surface area contributed by atoms with Gasteiger partial charge in [0, 0.05) is 0 Å². The highest BCUT2D eigenvalue weighted by Crippen LogP contribution is 2.06. The summed E-state index contributed by atoms with van der Waals surface area (Å²) in [7, 11) is 0. The Bertz CT molecular complexity index is 254. The average molecular weight is 194 g/mol. The van der Waals surface area contributed by atoms with E-state index in [4.69, 9.17) is 14.2 Å². The number of hydrogen-bond donors (Lipinski definition) is 0. The van der Waals surface area contributed by atoms with Crippen molar-refractivity contribution >= 4 is 0 Å². The van der Waals surface area contributed by atoms with Gasteiger partial charge < -0.3 is 14.2 Å². The quantitative estimate of drug-likeness (QED) is 0.731. The van der Waals surface area contributed by atoms with Crippen molar-refractivity contribution < 1.29 is 14.2 Å². The molecule has 1 aliphatic rings. The minimum atomic E-state index is 0.0731. The van der Waals surface area contributed by atoms with Gasteiger partial charge in [0.15, 0.2) is 0 Å². The van der Waals surface area contributed by atoms with Crippen LogP contribution in [0, 0.1) is 0 Å². The second-order valence-electron chi connectivity index (χ2n) is 3.28. The van der Waals surface area contributed by atoms with Crippen LogP contribution < -0.4 is 0 Å². The maximum atomic E-state index is 5.62. The van der Waals surface area contributed by atoms with Gasteiger partial charge in [-0.2, -0.15) is 0 Å². The molecular weight excluding hydrogens is 180 g/mol. The zero-order valence-electron chi connectivity index (χ0n) is 8.02. The minimum absolute atomic E-state index is 0.0731. The standard InChI is InChI=1S/C11H14O3/c1-2-4-10(5-3-1)6-14-11-7-12-9-13-8-11/h1-5,11H,6-9H2. The van der Waals surface area contributed by atoms with Crippen LogP contribution in [-0.4, -0.2) is 26.1 Å². The monoisotopic (exact) mass is 194 g/mol. The Labute approximate surface area is 83.6 Å². The normalized spacial score (nSPS) is 18.3. The van der Waals surface area contributed by atoms with Gasteiger partial charge in [0.1, 0.15) is 12.9 Å². The minimum Gasteiger partial charge on any atom is -0.369 e. The zero-order chi connectivity index (χ0) is 9.64. The van der Waals surface area contributed by atoms with E-state index in [1.54, 1.807) is 0 Å². The van der Waals surface area contributed by atoms with Crippen molar-refractivity contribution in [1.29, 1.82) is 0 Å². The first-order chi connectivity index (χ1) is 6.95. The van der Waals surface area contributed by atoms with Crippen LogP contribution in [0.25, 0.3) is 0 Å². The summed E-state index contributed by atoms with van der Waals surface area (Å²) in [5.41, 5.74) is 1.18. The highest BCUT2D eigenvalue weighted by atomic mass is 16.7. The van der Waals surface area contributed by atoms with E-state index in [0.717, 1.165) is 0 Å². The molecule has 2 rings (SSSR count). The fourth-order valence-electron chi connectivity index (χ4n) is 1.35. The second kappa shape index (κ2) is 5.10. The summed E-state index contributed by atoms with van der Waals surface area (Å²) in [4.78, 5) is 0. The Morgan fingerprint density at radius 3 is 2.57 bits per heavy atom. The molecule has 76 valence electrons. The summed E-state index contributed by atoms with van der Waals surface area (Å²) in [6.07, 6.45) is 0.0731. The molecule has 1 aromatic carbocycles. The molecule has 0 amide bonds. The maximum Gasteiger partial charge on any atom is 0.146 e. The lowest BCUT2D eigenvalue weighted by molar-refractivity contribution is -0.170. The maximum absolute atomic E-state index is 5.62. The molecule has 0 spiro atoms. The summed E-state index contributed by atoms with van der Waals surface area (Å²) in [6.45, 7) is 2.28. The number of ether oxygens (including phenoxy) is 3. The smallest absolute Gasteiger partial charge is 0.146 e. The summed E-state index contributed by atoms with van der Waals surface area (Å²) in [6, 6.07) is 10.1. The Balaban J connectivity index is 1.76. The number of rotatable bonds is 3. The molecular formula is C11H14O3. The van der Waals surface area contributed by atoms with Crippen molar-refractivity contribution in [3.8, 4) is 0 Å². The van der Waals surface area contributed by atoms with Crippen LogP contribution in [0.3, 0.4) is 0 Å². The fraction of sp³-hybridized carbons (Fsp3) is 0.455. The van der Waals surface area contributed by atoms with Crippen LogP contribution in [0.15, 0.2) is 30.3 Å². The molecule has 1 heterocycles. The molecule has 14 heavy (non-hydrogen) atoms. The van der Waals surface area contributed by atoms with E-state index in [0.29, 0.717) is 26.6 Å². The van der Waals surface area contributed by atoms with Crippen LogP contribution in [0.5, 0.6) is 0 Å². The number of benzene rings is 1.